The summed E-state index contributed by atoms with van der Waals surface area (Å²) in [7, 11) is -2.09. The molecule has 1 aliphatic carbocycles. The number of benzene rings is 3. The van der Waals surface area contributed by atoms with Crippen LogP contribution in [0, 0.1) is 5.82 Å². The summed E-state index contributed by atoms with van der Waals surface area (Å²) in [5.74, 6) is -0.144. The van der Waals surface area contributed by atoms with Gasteiger partial charge in [-0.15, -0.1) is 0 Å². The largest absolute Gasteiger partial charge is 0.454 e. The number of aromatic nitrogens is 2. The first-order valence-corrected chi connectivity index (χ1v) is 14.5. The minimum absolute atomic E-state index is 0.0953. The number of nitrogens with one attached hydrogen (secondary N) is 1. The number of sulfonamides is 1. The van der Waals surface area contributed by atoms with Crippen molar-refractivity contribution >= 4 is 32.5 Å². The predicted molar refractivity (Wildman–Crippen MR) is 147 cm³/mol. The average molecular weight is 553 g/mol. The van der Waals surface area contributed by atoms with Crippen molar-refractivity contribution in [3.63, 3.8) is 0 Å². The summed E-state index contributed by atoms with van der Waals surface area (Å²) in [6, 6.07) is 16.4. The van der Waals surface area contributed by atoms with Crippen molar-refractivity contribution in [2.24, 2.45) is 0 Å². The minimum atomic E-state index is -3.63. The van der Waals surface area contributed by atoms with Gasteiger partial charge in [0.2, 0.25) is 10.0 Å². The van der Waals surface area contributed by atoms with Gasteiger partial charge in [-0.3, -0.25) is 9.10 Å². The Morgan fingerprint density at radius 2 is 1.90 bits per heavy atom. The number of nitrogens with zero attached hydrogens (tertiary/aromatic N) is 3. The van der Waals surface area contributed by atoms with Crippen LogP contribution in [0.2, 0.25) is 0 Å². The third-order valence-electron chi connectivity index (χ3n) is 6.61. The number of halogens is 1. The Bertz CT molecular complexity index is 1630. The second-order valence-corrected chi connectivity index (χ2v) is 11.4. The molecule has 1 heterocycles. The summed E-state index contributed by atoms with van der Waals surface area (Å²) < 4.78 is 47.9. The first kappa shape index (κ1) is 26.6. The SMILES string of the molecule is CNC(=O)c1c2cc(C3CC3)c(N(CCCO)S(C)(=O)=O)cc2nn1-c1ccc(Oc2ccccc2F)cc1. The van der Waals surface area contributed by atoms with Crippen LogP contribution in [0.25, 0.3) is 16.6 Å². The first-order chi connectivity index (χ1) is 18.7. The van der Waals surface area contributed by atoms with Crippen LogP contribution < -0.4 is 14.4 Å². The Hall–Kier alpha value is -3.96. The molecule has 1 amide bonds. The van der Waals surface area contributed by atoms with Crippen molar-refractivity contribution in [3.05, 3.63) is 77.7 Å². The van der Waals surface area contributed by atoms with Crippen molar-refractivity contribution in [1.82, 2.24) is 15.1 Å². The van der Waals surface area contributed by atoms with Gasteiger partial charge in [-0.1, -0.05) is 12.1 Å². The van der Waals surface area contributed by atoms with Gasteiger partial charge in [0.15, 0.2) is 11.6 Å². The fraction of sp³-hybridized carbons (Fsp3) is 0.286. The molecular formula is C28H29FN4O5S. The Morgan fingerprint density at radius 3 is 2.51 bits per heavy atom. The number of aliphatic hydroxyl groups is 1. The van der Waals surface area contributed by atoms with Crippen molar-refractivity contribution in [1.29, 1.82) is 0 Å². The van der Waals surface area contributed by atoms with Crippen LogP contribution >= 0.6 is 0 Å². The lowest BCUT2D eigenvalue weighted by atomic mass is 10.0. The van der Waals surface area contributed by atoms with Crippen molar-refractivity contribution in [3.8, 4) is 17.2 Å². The molecule has 9 nitrogen and oxygen atoms in total. The number of carbonyl (C=O) groups is 1. The lowest BCUT2D eigenvalue weighted by molar-refractivity contribution is 0.0957. The summed E-state index contributed by atoms with van der Waals surface area (Å²) in [4.78, 5) is 13.1. The zero-order valence-electron chi connectivity index (χ0n) is 21.6. The summed E-state index contributed by atoms with van der Waals surface area (Å²) in [6.45, 7) is -0.00780. The number of ether oxygens (including phenoxy) is 1. The van der Waals surface area contributed by atoms with Gasteiger partial charge in [0.1, 0.15) is 11.4 Å². The zero-order valence-corrected chi connectivity index (χ0v) is 22.4. The third-order valence-corrected chi connectivity index (χ3v) is 7.79. The molecule has 0 unspecified atom stereocenters. The van der Waals surface area contributed by atoms with Crippen molar-refractivity contribution in [2.75, 3.05) is 30.8 Å². The molecule has 204 valence electrons. The van der Waals surface area contributed by atoms with Gasteiger partial charge in [-0.25, -0.2) is 17.5 Å². The van der Waals surface area contributed by atoms with Crippen LogP contribution in [0.3, 0.4) is 0 Å². The van der Waals surface area contributed by atoms with E-state index in [0.29, 0.717) is 33.7 Å². The number of amides is 1. The number of anilines is 1. The standard InChI is InChI=1S/C28H29FN4O5S/c1-30-28(35)27-22-16-21(18-8-9-18)25(32(14-5-15-34)39(2,36)37)17-24(22)31-33(27)19-10-12-20(13-11-19)38-26-7-4-3-6-23(26)29/h3-4,6-7,10-13,16-18,34H,5,8-9,14-15H2,1-2H3,(H,30,35). The molecule has 0 spiro atoms. The zero-order chi connectivity index (χ0) is 27.7. The Morgan fingerprint density at radius 1 is 1.18 bits per heavy atom. The van der Waals surface area contributed by atoms with Crippen LogP contribution in [0.1, 0.15) is 41.2 Å². The molecule has 3 aromatic carbocycles. The number of fused-ring (bicyclic) bond motifs is 1. The molecule has 1 aliphatic rings. The molecule has 1 fully saturated rings. The molecule has 0 saturated heterocycles. The highest BCUT2D eigenvalue weighted by Crippen LogP contribution is 2.46. The lowest BCUT2D eigenvalue weighted by Crippen LogP contribution is -2.32. The summed E-state index contributed by atoms with van der Waals surface area (Å²) in [5, 5.41) is 17.3. The van der Waals surface area contributed by atoms with Gasteiger partial charge < -0.3 is 15.2 Å². The van der Waals surface area contributed by atoms with Crippen molar-refractivity contribution in [2.45, 2.75) is 25.2 Å². The number of aliphatic hydroxyl groups excluding tert-OH is 1. The number of rotatable bonds is 10. The predicted octanol–water partition coefficient (Wildman–Crippen LogP) is 4.34. The maximum absolute atomic E-state index is 14.0. The molecule has 5 rings (SSSR count). The molecule has 0 bridgehead atoms. The number of carbonyl (C=O) groups excluding carboxylic acids is 1. The van der Waals surface area contributed by atoms with E-state index >= 15 is 0 Å². The van der Waals surface area contributed by atoms with Crippen LogP contribution in [-0.2, 0) is 10.0 Å². The Kier molecular flexibility index (Phi) is 7.28. The number of hydrogen-bond acceptors (Lipinski definition) is 6. The fourth-order valence-electron chi connectivity index (χ4n) is 4.59. The number of para-hydroxylation sites is 1. The van der Waals surface area contributed by atoms with Gasteiger partial charge in [0, 0.05) is 25.6 Å². The molecule has 0 aliphatic heterocycles. The molecule has 1 saturated carbocycles. The molecule has 39 heavy (non-hydrogen) atoms. The van der Waals surface area contributed by atoms with Gasteiger partial charge in [0.05, 0.1) is 23.1 Å². The van der Waals surface area contributed by atoms with Crippen LogP contribution in [0.15, 0.2) is 60.7 Å². The first-order valence-electron chi connectivity index (χ1n) is 12.6. The molecule has 0 atom stereocenters. The van der Waals surface area contributed by atoms with E-state index in [1.54, 1.807) is 42.5 Å². The van der Waals surface area contributed by atoms with Crippen LogP contribution in [0.4, 0.5) is 10.1 Å². The highest BCUT2D eigenvalue weighted by atomic mass is 32.2. The van der Waals surface area contributed by atoms with E-state index in [-0.39, 0.29) is 37.1 Å². The number of hydrogen-bond donors (Lipinski definition) is 2. The molecule has 11 heteroatoms. The molecule has 0 radical (unpaired) electrons. The van der Waals surface area contributed by atoms with Gasteiger partial charge in [0.25, 0.3) is 5.91 Å². The summed E-state index contributed by atoms with van der Waals surface area (Å²) in [6.07, 6.45) is 3.27. The third kappa shape index (κ3) is 5.45. The van der Waals surface area contributed by atoms with E-state index in [1.807, 2.05) is 6.07 Å². The quantitative estimate of drug-likeness (QED) is 0.303. The molecular weight excluding hydrogens is 523 g/mol. The smallest absolute Gasteiger partial charge is 0.270 e. The van der Waals surface area contributed by atoms with E-state index in [4.69, 9.17) is 9.84 Å². The van der Waals surface area contributed by atoms with Crippen LogP contribution in [0.5, 0.6) is 11.5 Å². The molecule has 1 aromatic heterocycles. The van der Waals surface area contributed by atoms with E-state index in [9.17, 15) is 22.7 Å². The minimum Gasteiger partial charge on any atom is -0.454 e. The molecule has 2 N–H and O–H groups in total. The lowest BCUT2D eigenvalue weighted by Gasteiger charge is -2.25. The molecule has 4 aromatic rings. The Balaban J connectivity index is 1.61. The van der Waals surface area contributed by atoms with E-state index in [0.717, 1.165) is 24.7 Å². The maximum Gasteiger partial charge on any atom is 0.270 e. The van der Waals surface area contributed by atoms with Crippen LogP contribution in [-0.4, -0.2) is 55.7 Å². The summed E-state index contributed by atoms with van der Waals surface area (Å²) >= 11 is 0. The topological polar surface area (TPSA) is 114 Å². The average Bonchev–Trinajstić information content (AvgIpc) is 3.69. The van der Waals surface area contributed by atoms with E-state index in [2.05, 4.69) is 5.32 Å². The highest BCUT2D eigenvalue weighted by molar-refractivity contribution is 7.92. The van der Waals surface area contributed by atoms with E-state index < -0.39 is 15.8 Å². The van der Waals surface area contributed by atoms with E-state index in [1.165, 1.54) is 28.2 Å². The second-order valence-electron chi connectivity index (χ2n) is 9.48. The normalized spacial score (nSPS) is 13.4. The highest BCUT2D eigenvalue weighted by Gasteiger charge is 2.32. The van der Waals surface area contributed by atoms with Gasteiger partial charge in [-0.2, -0.15) is 5.10 Å². The fourth-order valence-corrected chi connectivity index (χ4v) is 5.56. The summed E-state index contributed by atoms with van der Waals surface area (Å²) in [5.41, 5.74) is 2.69. The monoisotopic (exact) mass is 552 g/mol. The second kappa shape index (κ2) is 10.7. The van der Waals surface area contributed by atoms with Gasteiger partial charge in [-0.05, 0) is 79.3 Å². The van der Waals surface area contributed by atoms with Gasteiger partial charge >= 0.3 is 0 Å². The maximum atomic E-state index is 14.0. The Labute approximate surface area is 225 Å². The van der Waals surface area contributed by atoms with Crippen molar-refractivity contribution < 1.29 is 27.4 Å².